The third kappa shape index (κ3) is 2.14. The van der Waals surface area contributed by atoms with Crippen LogP contribution in [0.5, 0.6) is 0 Å². The highest BCUT2D eigenvalue weighted by molar-refractivity contribution is 5.75. The molecule has 0 aromatic heterocycles. The Morgan fingerprint density at radius 2 is 2.33 bits per heavy atom. The zero-order valence-corrected chi connectivity index (χ0v) is 5.72. The number of ether oxygens (including phenoxy) is 1. The largest absolute Gasteiger partial charge is 0.381 e. The average Bonchev–Trinajstić information content (AvgIpc) is 1.60. The van der Waals surface area contributed by atoms with Crippen molar-refractivity contribution in [2.75, 3.05) is 13.2 Å². The van der Waals surface area contributed by atoms with Crippen LogP contribution in [0.2, 0.25) is 0 Å². The van der Waals surface area contributed by atoms with Crippen LogP contribution in [-0.4, -0.2) is 19.0 Å². The molecular formula is C7H12O2. The molecule has 0 aliphatic carbocycles. The molecular weight excluding hydrogens is 116 g/mol. The maximum absolute atomic E-state index is 10.4. The maximum atomic E-state index is 10.4. The molecule has 2 nitrogen and oxygen atoms in total. The third-order valence-corrected chi connectivity index (χ3v) is 1.61. The molecule has 1 heterocycles. The van der Waals surface area contributed by atoms with E-state index in [9.17, 15) is 4.79 Å². The summed E-state index contributed by atoms with van der Waals surface area (Å²) in [5, 5.41) is 0. The van der Waals surface area contributed by atoms with E-state index in [-0.39, 0.29) is 0 Å². The van der Waals surface area contributed by atoms with E-state index in [0.717, 1.165) is 26.1 Å². The number of hydrogen-bond acceptors (Lipinski definition) is 2. The van der Waals surface area contributed by atoms with E-state index < -0.39 is 0 Å². The third-order valence-electron chi connectivity index (χ3n) is 1.61. The van der Waals surface area contributed by atoms with Gasteiger partial charge >= 0.3 is 0 Å². The molecule has 1 aliphatic heterocycles. The van der Waals surface area contributed by atoms with Crippen molar-refractivity contribution < 1.29 is 9.53 Å². The van der Waals surface area contributed by atoms with Crippen LogP contribution in [0.1, 0.15) is 19.8 Å². The summed E-state index contributed by atoms with van der Waals surface area (Å²) in [6, 6.07) is 0. The summed E-state index contributed by atoms with van der Waals surface area (Å²) in [7, 11) is 0. The van der Waals surface area contributed by atoms with Crippen LogP contribution in [0.4, 0.5) is 0 Å². The molecule has 0 bridgehead atoms. The molecule has 0 aromatic carbocycles. The first-order valence-corrected chi connectivity index (χ1v) is 3.36. The Hall–Kier alpha value is -0.370. The summed E-state index contributed by atoms with van der Waals surface area (Å²) < 4.78 is 4.96. The molecule has 0 atom stereocenters. The number of ketones is 1. The van der Waals surface area contributed by atoms with E-state index in [1.807, 2.05) is 0 Å². The standard InChI is InChI=1S/C7H12O2/c1-6(8)2-3-7-4-9-5-7/h7H,2-5H2,1H3. The molecule has 1 aliphatic rings. The molecule has 0 aromatic rings. The zero-order chi connectivity index (χ0) is 6.69. The van der Waals surface area contributed by atoms with E-state index >= 15 is 0 Å². The summed E-state index contributed by atoms with van der Waals surface area (Å²) in [5.41, 5.74) is 0. The zero-order valence-electron chi connectivity index (χ0n) is 5.72. The minimum Gasteiger partial charge on any atom is -0.381 e. The Balaban J connectivity index is 1.97. The Morgan fingerprint density at radius 3 is 2.67 bits per heavy atom. The Morgan fingerprint density at radius 1 is 1.67 bits per heavy atom. The van der Waals surface area contributed by atoms with Crippen molar-refractivity contribution >= 4 is 5.78 Å². The maximum Gasteiger partial charge on any atom is 0.129 e. The normalized spacial score (nSPS) is 19.2. The van der Waals surface area contributed by atoms with Crippen molar-refractivity contribution in [3.05, 3.63) is 0 Å². The minimum atomic E-state index is 0.293. The van der Waals surface area contributed by atoms with Crippen LogP contribution in [0, 0.1) is 5.92 Å². The number of carbonyl (C=O) groups is 1. The molecule has 0 N–H and O–H groups in total. The molecule has 0 amide bonds. The molecule has 9 heavy (non-hydrogen) atoms. The lowest BCUT2D eigenvalue weighted by Gasteiger charge is -2.25. The van der Waals surface area contributed by atoms with Crippen LogP contribution in [0.15, 0.2) is 0 Å². The molecule has 0 saturated carbocycles. The smallest absolute Gasteiger partial charge is 0.129 e. The van der Waals surface area contributed by atoms with Crippen molar-refractivity contribution in [3.63, 3.8) is 0 Å². The number of rotatable bonds is 3. The van der Waals surface area contributed by atoms with Gasteiger partial charge in [0.05, 0.1) is 13.2 Å². The van der Waals surface area contributed by atoms with Crippen LogP contribution in [0.3, 0.4) is 0 Å². The summed E-state index contributed by atoms with van der Waals surface area (Å²) in [6.45, 7) is 3.38. The molecule has 0 radical (unpaired) electrons. The number of hydrogen-bond donors (Lipinski definition) is 0. The van der Waals surface area contributed by atoms with Gasteiger partial charge < -0.3 is 9.53 Å². The summed E-state index contributed by atoms with van der Waals surface area (Å²) in [4.78, 5) is 10.4. The summed E-state index contributed by atoms with van der Waals surface area (Å²) >= 11 is 0. The first-order chi connectivity index (χ1) is 4.29. The lowest BCUT2D eigenvalue weighted by Crippen LogP contribution is -2.27. The predicted molar refractivity (Wildman–Crippen MR) is 34.2 cm³/mol. The summed E-state index contributed by atoms with van der Waals surface area (Å²) in [5.74, 6) is 0.968. The van der Waals surface area contributed by atoms with Gasteiger partial charge in [-0.2, -0.15) is 0 Å². The molecule has 1 saturated heterocycles. The fourth-order valence-electron chi connectivity index (χ4n) is 0.859. The number of carbonyl (C=O) groups excluding carboxylic acids is 1. The lowest BCUT2D eigenvalue weighted by molar-refractivity contribution is -0.118. The second-order valence-electron chi connectivity index (χ2n) is 2.64. The molecule has 1 fully saturated rings. The highest BCUT2D eigenvalue weighted by atomic mass is 16.5. The van der Waals surface area contributed by atoms with Gasteiger partial charge in [-0.15, -0.1) is 0 Å². The van der Waals surface area contributed by atoms with Gasteiger partial charge in [0.15, 0.2) is 0 Å². The van der Waals surface area contributed by atoms with E-state index in [0.29, 0.717) is 11.7 Å². The monoisotopic (exact) mass is 128 g/mol. The van der Waals surface area contributed by atoms with Crippen molar-refractivity contribution in [1.82, 2.24) is 0 Å². The SMILES string of the molecule is CC(=O)CCC1COC1. The van der Waals surface area contributed by atoms with Gasteiger partial charge in [0.1, 0.15) is 5.78 Å². The topological polar surface area (TPSA) is 26.3 Å². The van der Waals surface area contributed by atoms with Gasteiger partial charge in [-0.05, 0) is 13.3 Å². The lowest BCUT2D eigenvalue weighted by atomic mass is 10.0. The fraction of sp³-hybridized carbons (Fsp3) is 0.857. The van der Waals surface area contributed by atoms with Crippen LogP contribution in [0.25, 0.3) is 0 Å². The van der Waals surface area contributed by atoms with E-state index in [1.54, 1.807) is 6.92 Å². The number of Topliss-reactive ketones (excluding diaryl/α,β-unsaturated/α-hetero) is 1. The van der Waals surface area contributed by atoms with Crippen molar-refractivity contribution in [2.24, 2.45) is 5.92 Å². The fourth-order valence-corrected chi connectivity index (χ4v) is 0.859. The second kappa shape index (κ2) is 2.97. The van der Waals surface area contributed by atoms with Gasteiger partial charge in [-0.25, -0.2) is 0 Å². The van der Waals surface area contributed by atoms with Gasteiger partial charge in [0.25, 0.3) is 0 Å². The Labute approximate surface area is 55.2 Å². The van der Waals surface area contributed by atoms with E-state index in [1.165, 1.54) is 0 Å². The van der Waals surface area contributed by atoms with Gasteiger partial charge in [0.2, 0.25) is 0 Å². The Kier molecular flexibility index (Phi) is 2.22. The minimum absolute atomic E-state index is 0.293. The highest BCUT2D eigenvalue weighted by Crippen LogP contribution is 2.15. The van der Waals surface area contributed by atoms with Gasteiger partial charge in [-0.1, -0.05) is 0 Å². The first-order valence-electron chi connectivity index (χ1n) is 3.36. The summed E-state index contributed by atoms with van der Waals surface area (Å²) in [6.07, 6.45) is 1.75. The molecule has 52 valence electrons. The van der Waals surface area contributed by atoms with Gasteiger partial charge in [0, 0.05) is 12.3 Å². The van der Waals surface area contributed by atoms with E-state index in [4.69, 9.17) is 4.74 Å². The molecule has 0 spiro atoms. The highest BCUT2D eigenvalue weighted by Gasteiger charge is 2.17. The quantitative estimate of drug-likeness (QED) is 0.566. The average molecular weight is 128 g/mol. The van der Waals surface area contributed by atoms with E-state index in [2.05, 4.69) is 0 Å². The van der Waals surface area contributed by atoms with Crippen LogP contribution < -0.4 is 0 Å². The first kappa shape index (κ1) is 6.75. The molecule has 0 unspecified atom stereocenters. The second-order valence-corrected chi connectivity index (χ2v) is 2.64. The molecule has 2 heteroatoms. The van der Waals surface area contributed by atoms with Crippen LogP contribution in [-0.2, 0) is 9.53 Å². The Bertz CT molecular complexity index is 105. The van der Waals surface area contributed by atoms with Crippen LogP contribution >= 0.6 is 0 Å². The van der Waals surface area contributed by atoms with Crippen molar-refractivity contribution in [2.45, 2.75) is 19.8 Å². The van der Waals surface area contributed by atoms with Crippen molar-refractivity contribution in [1.29, 1.82) is 0 Å². The predicted octanol–water partition coefficient (Wildman–Crippen LogP) is 1.00. The van der Waals surface area contributed by atoms with Gasteiger partial charge in [-0.3, -0.25) is 0 Å². The molecule has 1 rings (SSSR count). The van der Waals surface area contributed by atoms with Crippen molar-refractivity contribution in [3.8, 4) is 0 Å².